The van der Waals surface area contributed by atoms with E-state index in [4.69, 9.17) is 0 Å². The Balaban J connectivity index is 2.37. The first kappa shape index (κ1) is 14.4. The number of rotatable bonds is 3. The summed E-state index contributed by atoms with van der Waals surface area (Å²) in [6.45, 7) is 5.65. The molecule has 0 saturated heterocycles. The molecule has 1 aromatic carbocycles. The Hall–Kier alpha value is -2.02. The van der Waals surface area contributed by atoms with Crippen molar-refractivity contribution in [2.24, 2.45) is 0 Å². The Bertz CT molecular complexity index is 668. The van der Waals surface area contributed by atoms with Crippen molar-refractivity contribution in [1.82, 2.24) is 9.97 Å². The van der Waals surface area contributed by atoms with E-state index in [1.165, 1.54) is 12.1 Å². The van der Waals surface area contributed by atoms with E-state index < -0.39 is 10.7 Å². The zero-order chi connectivity index (χ0) is 14.9. The molecule has 0 saturated carbocycles. The molecule has 104 valence electrons. The Morgan fingerprint density at radius 2 is 1.75 bits per heavy atom. The number of non-ortho nitro benzene ring substituents is 1. The van der Waals surface area contributed by atoms with E-state index in [1.54, 1.807) is 0 Å². The lowest BCUT2D eigenvalue weighted by Gasteiger charge is -2.06. The fourth-order valence-electron chi connectivity index (χ4n) is 1.60. The van der Waals surface area contributed by atoms with E-state index in [0.717, 1.165) is 34.8 Å². The molecule has 7 heteroatoms. The topological polar surface area (TPSA) is 68.9 Å². The summed E-state index contributed by atoms with van der Waals surface area (Å²) in [5.41, 5.74) is 2.39. The number of nitro benzene ring substituents is 1. The second kappa shape index (κ2) is 5.54. The first-order chi connectivity index (χ1) is 9.36. The predicted molar refractivity (Wildman–Crippen MR) is 73.4 cm³/mol. The Kier molecular flexibility index (Phi) is 3.99. The van der Waals surface area contributed by atoms with Gasteiger partial charge in [0.15, 0.2) is 5.16 Å². The van der Waals surface area contributed by atoms with Gasteiger partial charge < -0.3 is 0 Å². The van der Waals surface area contributed by atoms with Crippen molar-refractivity contribution in [3.63, 3.8) is 0 Å². The Morgan fingerprint density at radius 1 is 1.15 bits per heavy atom. The lowest BCUT2D eigenvalue weighted by atomic mass is 10.2. The molecule has 0 bridgehead atoms. The highest BCUT2D eigenvalue weighted by atomic mass is 32.2. The molecule has 0 amide bonds. The third-order valence-corrected chi connectivity index (χ3v) is 3.72. The zero-order valence-corrected chi connectivity index (χ0v) is 12.0. The van der Waals surface area contributed by atoms with E-state index in [9.17, 15) is 14.5 Å². The summed E-state index contributed by atoms with van der Waals surface area (Å²) in [5.74, 6) is -0.651. The molecule has 0 radical (unpaired) electrons. The van der Waals surface area contributed by atoms with Crippen LogP contribution in [0.25, 0.3) is 0 Å². The maximum Gasteiger partial charge on any atom is 0.273 e. The Morgan fingerprint density at radius 3 is 2.30 bits per heavy atom. The van der Waals surface area contributed by atoms with E-state index in [-0.39, 0.29) is 5.69 Å². The van der Waals surface area contributed by atoms with Gasteiger partial charge in [-0.15, -0.1) is 0 Å². The fraction of sp³-hybridized carbons (Fsp3) is 0.231. The summed E-state index contributed by atoms with van der Waals surface area (Å²) in [6.07, 6.45) is 0. The molecule has 0 N–H and O–H groups in total. The van der Waals surface area contributed by atoms with Gasteiger partial charge in [-0.1, -0.05) is 0 Å². The van der Waals surface area contributed by atoms with Crippen LogP contribution in [0, 0.1) is 36.7 Å². The first-order valence-corrected chi connectivity index (χ1v) is 6.63. The van der Waals surface area contributed by atoms with Crippen LogP contribution < -0.4 is 0 Å². The van der Waals surface area contributed by atoms with Crippen molar-refractivity contribution < 1.29 is 9.31 Å². The molecule has 0 fully saturated rings. The SMILES string of the molecule is Cc1nc(Sc2cc(F)cc([N+](=O)[O-])c2)nc(C)c1C. The minimum atomic E-state index is -0.651. The van der Waals surface area contributed by atoms with Crippen molar-refractivity contribution in [3.8, 4) is 0 Å². The lowest BCUT2D eigenvalue weighted by molar-refractivity contribution is -0.385. The predicted octanol–water partition coefficient (Wildman–Crippen LogP) is 3.60. The maximum absolute atomic E-state index is 13.4. The van der Waals surface area contributed by atoms with Crippen LogP contribution in [0.2, 0.25) is 0 Å². The van der Waals surface area contributed by atoms with Gasteiger partial charge in [0, 0.05) is 22.3 Å². The molecular weight excluding hydrogens is 281 g/mol. The van der Waals surface area contributed by atoms with E-state index in [1.807, 2.05) is 20.8 Å². The molecule has 0 atom stereocenters. The maximum atomic E-state index is 13.4. The largest absolute Gasteiger partial charge is 0.273 e. The number of benzene rings is 1. The van der Waals surface area contributed by atoms with Crippen LogP contribution in [0.4, 0.5) is 10.1 Å². The number of nitro groups is 1. The molecule has 0 aliphatic heterocycles. The number of hydrogen-bond donors (Lipinski definition) is 0. The molecule has 2 aromatic rings. The summed E-state index contributed by atoms with van der Waals surface area (Å²) < 4.78 is 13.4. The number of aromatic nitrogens is 2. The van der Waals surface area contributed by atoms with Crippen molar-refractivity contribution >= 4 is 17.4 Å². The first-order valence-electron chi connectivity index (χ1n) is 5.81. The summed E-state index contributed by atoms with van der Waals surface area (Å²) in [6, 6.07) is 3.42. The smallest absolute Gasteiger partial charge is 0.258 e. The molecule has 0 spiro atoms. The third-order valence-electron chi connectivity index (χ3n) is 2.89. The van der Waals surface area contributed by atoms with Crippen LogP contribution in [-0.4, -0.2) is 14.9 Å². The minimum Gasteiger partial charge on any atom is -0.258 e. The highest BCUT2D eigenvalue weighted by molar-refractivity contribution is 7.99. The quantitative estimate of drug-likeness (QED) is 0.491. The molecule has 0 aliphatic rings. The molecule has 20 heavy (non-hydrogen) atoms. The summed E-state index contributed by atoms with van der Waals surface area (Å²) in [4.78, 5) is 19.1. The Labute approximate surface area is 119 Å². The number of nitrogens with zero attached hydrogens (tertiary/aromatic N) is 3. The van der Waals surface area contributed by atoms with Crippen LogP contribution in [0.1, 0.15) is 17.0 Å². The van der Waals surface area contributed by atoms with Crippen molar-refractivity contribution in [2.75, 3.05) is 0 Å². The summed E-state index contributed by atoms with van der Waals surface area (Å²) >= 11 is 1.10. The number of halogens is 1. The van der Waals surface area contributed by atoms with Crippen molar-refractivity contribution in [1.29, 1.82) is 0 Å². The third kappa shape index (κ3) is 3.11. The monoisotopic (exact) mass is 293 g/mol. The van der Waals surface area contributed by atoms with Gasteiger partial charge in [-0.25, -0.2) is 14.4 Å². The molecule has 0 aliphatic carbocycles. The molecule has 1 aromatic heterocycles. The van der Waals surface area contributed by atoms with Crippen molar-refractivity contribution in [3.05, 3.63) is 51.1 Å². The van der Waals surface area contributed by atoms with Crippen LogP contribution in [0.15, 0.2) is 28.3 Å². The van der Waals surface area contributed by atoms with E-state index >= 15 is 0 Å². The van der Waals surface area contributed by atoms with Gasteiger partial charge in [0.1, 0.15) is 5.82 Å². The number of hydrogen-bond acceptors (Lipinski definition) is 5. The lowest BCUT2D eigenvalue weighted by Crippen LogP contribution is -1.98. The molecule has 1 heterocycles. The van der Waals surface area contributed by atoms with Gasteiger partial charge in [0.25, 0.3) is 5.69 Å². The van der Waals surface area contributed by atoms with Gasteiger partial charge in [0.2, 0.25) is 0 Å². The summed E-state index contributed by atoms with van der Waals surface area (Å²) in [5, 5.41) is 11.2. The van der Waals surface area contributed by atoms with Gasteiger partial charge in [-0.3, -0.25) is 10.1 Å². The van der Waals surface area contributed by atoms with Gasteiger partial charge >= 0.3 is 0 Å². The molecular formula is C13H12FN3O2S. The van der Waals surface area contributed by atoms with Crippen LogP contribution in [0.3, 0.4) is 0 Å². The van der Waals surface area contributed by atoms with Gasteiger partial charge in [-0.05, 0) is 44.2 Å². The standard InChI is InChI=1S/C13H12FN3O2S/c1-7-8(2)15-13(16-9(7)3)20-12-5-10(14)4-11(6-12)17(18)19/h4-6H,1-3H3. The second-order valence-corrected chi connectivity index (χ2v) is 5.35. The van der Waals surface area contributed by atoms with Crippen LogP contribution in [-0.2, 0) is 0 Å². The average molecular weight is 293 g/mol. The van der Waals surface area contributed by atoms with Crippen LogP contribution in [0.5, 0.6) is 0 Å². The van der Waals surface area contributed by atoms with Gasteiger partial charge in [-0.2, -0.15) is 0 Å². The molecule has 5 nitrogen and oxygen atoms in total. The van der Waals surface area contributed by atoms with E-state index in [0.29, 0.717) is 10.1 Å². The average Bonchev–Trinajstić information content (AvgIpc) is 2.35. The molecule has 2 rings (SSSR count). The van der Waals surface area contributed by atoms with Crippen molar-refractivity contribution in [2.45, 2.75) is 30.8 Å². The molecule has 0 unspecified atom stereocenters. The normalized spacial score (nSPS) is 10.6. The van der Waals surface area contributed by atoms with Gasteiger partial charge in [0.05, 0.1) is 11.0 Å². The van der Waals surface area contributed by atoms with E-state index in [2.05, 4.69) is 9.97 Å². The number of aryl methyl sites for hydroxylation is 2. The summed E-state index contributed by atoms with van der Waals surface area (Å²) in [7, 11) is 0. The highest BCUT2D eigenvalue weighted by Gasteiger charge is 2.12. The highest BCUT2D eigenvalue weighted by Crippen LogP contribution is 2.29. The van der Waals surface area contributed by atoms with Crippen LogP contribution >= 0.6 is 11.8 Å². The zero-order valence-electron chi connectivity index (χ0n) is 11.2. The minimum absolute atomic E-state index is 0.284. The fourth-order valence-corrected chi connectivity index (χ4v) is 2.53. The second-order valence-electron chi connectivity index (χ2n) is 4.31.